The number of aryl methyl sites for hydroxylation is 1. The first-order chi connectivity index (χ1) is 14.5. The molecule has 0 radical (unpaired) electrons. The zero-order valence-corrected chi connectivity index (χ0v) is 17.3. The van der Waals surface area contributed by atoms with Gasteiger partial charge in [0.05, 0.1) is 11.6 Å². The van der Waals surface area contributed by atoms with Gasteiger partial charge in [0.2, 0.25) is 11.8 Å². The lowest BCUT2D eigenvalue weighted by Gasteiger charge is -2.33. The number of hydrogen-bond donors (Lipinski definition) is 1. The molecule has 30 heavy (non-hydrogen) atoms. The fourth-order valence-electron chi connectivity index (χ4n) is 4.37. The van der Waals surface area contributed by atoms with E-state index in [0.29, 0.717) is 0 Å². The third-order valence-electron chi connectivity index (χ3n) is 6.23. The average Bonchev–Trinajstić information content (AvgIpc) is 3.13. The summed E-state index contributed by atoms with van der Waals surface area (Å²) in [5.41, 5.74) is 2.90. The Morgan fingerprint density at radius 3 is 2.53 bits per heavy atom. The summed E-state index contributed by atoms with van der Waals surface area (Å²) in [6, 6.07) is 14.8. The highest BCUT2D eigenvalue weighted by Crippen LogP contribution is 2.27. The third-order valence-corrected chi connectivity index (χ3v) is 6.23. The molecule has 0 aliphatic carbocycles. The van der Waals surface area contributed by atoms with Gasteiger partial charge in [0, 0.05) is 38.6 Å². The smallest absolute Gasteiger partial charge is 0.227 e. The predicted molar refractivity (Wildman–Crippen MR) is 114 cm³/mol. The summed E-state index contributed by atoms with van der Waals surface area (Å²) in [6.07, 6.45) is 1.93. The van der Waals surface area contributed by atoms with Crippen molar-refractivity contribution in [3.05, 3.63) is 65.5 Å². The Hall–Kier alpha value is -2.73. The summed E-state index contributed by atoms with van der Waals surface area (Å²) in [4.78, 5) is 28.9. The molecule has 4 rings (SSSR count). The van der Waals surface area contributed by atoms with E-state index in [1.54, 1.807) is 18.2 Å². The Morgan fingerprint density at radius 1 is 1.10 bits per heavy atom. The van der Waals surface area contributed by atoms with E-state index in [1.807, 2.05) is 0 Å². The number of halogens is 1. The van der Waals surface area contributed by atoms with E-state index in [9.17, 15) is 14.0 Å². The number of hydrogen-bond acceptors (Lipinski definition) is 3. The molecule has 158 valence electrons. The lowest BCUT2D eigenvalue weighted by molar-refractivity contribution is -0.127. The molecule has 2 aliphatic rings. The number of carbonyl (C=O) groups excluding carboxylic acids is 2. The zero-order valence-electron chi connectivity index (χ0n) is 17.3. The molecular formula is C24H28FN3O2. The second kappa shape index (κ2) is 8.96. The van der Waals surface area contributed by atoms with Crippen molar-refractivity contribution in [2.24, 2.45) is 5.92 Å². The molecule has 1 atom stereocenters. The molecule has 2 heterocycles. The van der Waals surface area contributed by atoms with E-state index in [4.69, 9.17) is 0 Å². The molecule has 0 aromatic heterocycles. The van der Waals surface area contributed by atoms with Gasteiger partial charge in [0.1, 0.15) is 5.82 Å². The second-order valence-electron chi connectivity index (χ2n) is 8.34. The van der Waals surface area contributed by atoms with Gasteiger partial charge in [0.25, 0.3) is 0 Å². The fraction of sp³-hybridized carbons (Fsp3) is 0.417. The first kappa shape index (κ1) is 20.5. The topological polar surface area (TPSA) is 52.7 Å². The minimum atomic E-state index is -0.437. The summed E-state index contributed by atoms with van der Waals surface area (Å²) < 4.78 is 14.0. The van der Waals surface area contributed by atoms with Crippen molar-refractivity contribution < 1.29 is 14.0 Å². The second-order valence-corrected chi connectivity index (χ2v) is 8.34. The normalized spacial score (nSPS) is 20.5. The minimum Gasteiger partial charge on any atom is -0.353 e. The summed E-state index contributed by atoms with van der Waals surface area (Å²) in [7, 11) is 0. The van der Waals surface area contributed by atoms with Gasteiger partial charge >= 0.3 is 0 Å². The van der Waals surface area contributed by atoms with Crippen LogP contribution in [0.15, 0.2) is 48.5 Å². The molecule has 2 aromatic rings. The number of piperidine rings is 1. The van der Waals surface area contributed by atoms with Gasteiger partial charge in [-0.15, -0.1) is 0 Å². The summed E-state index contributed by atoms with van der Waals surface area (Å²) >= 11 is 0. The highest BCUT2D eigenvalue weighted by molar-refractivity contribution is 6.00. The van der Waals surface area contributed by atoms with Crippen LogP contribution in [0, 0.1) is 18.7 Å². The lowest BCUT2D eigenvalue weighted by atomic mass is 10.0. The molecule has 2 saturated heterocycles. The number of anilines is 1. The summed E-state index contributed by atoms with van der Waals surface area (Å²) in [5.74, 6) is -1.16. The maximum atomic E-state index is 14.0. The molecule has 2 aliphatic heterocycles. The van der Waals surface area contributed by atoms with E-state index < -0.39 is 11.7 Å². The van der Waals surface area contributed by atoms with Crippen LogP contribution in [0.4, 0.5) is 10.1 Å². The van der Waals surface area contributed by atoms with Crippen molar-refractivity contribution in [2.45, 2.75) is 38.8 Å². The first-order valence-corrected chi connectivity index (χ1v) is 10.6. The van der Waals surface area contributed by atoms with Crippen LogP contribution in [0.5, 0.6) is 0 Å². The van der Waals surface area contributed by atoms with Gasteiger partial charge in [-0.3, -0.25) is 14.5 Å². The van der Waals surface area contributed by atoms with Crippen molar-refractivity contribution in [2.75, 3.05) is 24.5 Å². The third kappa shape index (κ3) is 4.54. The van der Waals surface area contributed by atoms with Crippen molar-refractivity contribution in [1.29, 1.82) is 0 Å². The van der Waals surface area contributed by atoms with Crippen molar-refractivity contribution in [3.63, 3.8) is 0 Å². The SMILES string of the molecule is Cc1ccccc1CN1CCC(NC(=O)C2CC(=O)N(c3ccccc3F)C2)CC1. The number of nitrogens with zero attached hydrogens (tertiary/aromatic N) is 2. The van der Waals surface area contributed by atoms with Gasteiger partial charge in [-0.05, 0) is 43.0 Å². The monoisotopic (exact) mass is 409 g/mol. The molecule has 1 N–H and O–H groups in total. The van der Waals surface area contributed by atoms with Crippen molar-refractivity contribution in [1.82, 2.24) is 10.2 Å². The molecule has 1 unspecified atom stereocenters. The Morgan fingerprint density at radius 2 is 1.80 bits per heavy atom. The Balaban J connectivity index is 1.28. The average molecular weight is 410 g/mol. The van der Waals surface area contributed by atoms with Crippen LogP contribution < -0.4 is 10.2 Å². The maximum absolute atomic E-state index is 14.0. The van der Waals surface area contributed by atoms with Crippen LogP contribution in [-0.4, -0.2) is 42.4 Å². The Labute approximate surface area is 176 Å². The van der Waals surface area contributed by atoms with Crippen LogP contribution in [0.2, 0.25) is 0 Å². The Bertz CT molecular complexity index is 924. The van der Waals surface area contributed by atoms with Crippen LogP contribution in [-0.2, 0) is 16.1 Å². The molecule has 0 spiro atoms. The van der Waals surface area contributed by atoms with Crippen molar-refractivity contribution in [3.8, 4) is 0 Å². The zero-order chi connectivity index (χ0) is 21.1. The van der Waals surface area contributed by atoms with Gasteiger partial charge in [-0.2, -0.15) is 0 Å². The maximum Gasteiger partial charge on any atom is 0.227 e. The van der Waals surface area contributed by atoms with Gasteiger partial charge in [0.15, 0.2) is 0 Å². The molecule has 0 saturated carbocycles. The number of benzene rings is 2. The van der Waals surface area contributed by atoms with E-state index in [1.165, 1.54) is 22.1 Å². The Kier molecular flexibility index (Phi) is 6.13. The number of rotatable bonds is 5. The minimum absolute atomic E-state index is 0.0976. The summed E-state index contributed by atoms with van der Waals surface area (Å²) in [5, 5.41) is 3.13. The number of likely N-dealkylation sites (tertiary alicyclic amines) is 1. The molecular weight excluding hydrogens is 381 g/mol. The van der Waals surface area contributed by atoms with Crippen LogP contribution in [0.3, 0.4) is 0 Å². The number of nitrogens with one attached hydrogen (secondary N) is 1. The molecule has 2 aromatic carbocycles. The van der Waals surface area contributed by atoms with E-state index in [2.05, 4.69) is 41.4 Å². The predicted octanol–water partition coefficient (Wildman–Crippen LogP) is 3.27. The quantitative estimate of drug-likeness (QED) is 0.825. The van der Waals surface area contributed by atoms with E-state index in [-0.39, 0.29) is 36.5 Å². The standard InChI is InChI=1S/C24H28FN3O2/c1-17-6-2-3-7-18(17)15-27-12-10-20(11-13-27)26-24(30)19-14-23(29)28(16-19)22-9-5-4-8-21(22)25/h2-9,19-20H,10-16H2,1H3,(H,26,30). The molecule has 6 heteroatoms. The van der Waals surface area contributed by atoms with Crippen LogP contribution >= 0.6 is 0 Å². The summed E-state index contributed by atoms with van der Waals surface area (Å²) in [6.45, 7) is 5.17. The van der Waals surface area contributed by atoms with Crippen LogP contribution in [0.25, 0.3) is 0 Å². The molecule has 0 bridgehead atoms. The molecule has 2 fully saturated rings. The van der Waals surface area contributed by atoms with Gasteiger partial charge < -0.3 is 10.2 Å². The first-order valence-electron chi connectivity index (χ1n) is 10.6. The largest absolute Gasteiger partial charge is 0.353 e. The lowest BCUT2D eigenvalue weighted by Crippen LogP contribution is -2.46. The number of amides is 2. The highest BCUT2D eigenvalue weighted by atomic mass is 19.1. The molecule has 2 amide bonds. The number of para-hydroxylation sites is 1. The highest BCUT2D eigenvalue weighted by Gasteiger charge is 2.37. The number of carbonyl (C=O) groups is 2. The van der Waals surface area contributed by atoms with Crippen molar-refractivity contribution >= 4 is 17.5 Å². The van der Waals surface area contributed by atoms with Crippen LogP contribution in [0.1, 0.15) is 30.4 Å². The molecule has 5 nitrogen and oxygen atoms in total. The van der Waals surface area contributed by atoms with Gasteiger partial charge in [-0.25, -0.2) is 4.39 Å². The van der Waals surface area contributed by atoms with E-state index >= 15 is 0 Å². The van der Waals surface area contributed by atoms with Gasteiger partial charge in [-0.1, -0.05) is 36.4 Å². The fourth-order valence-corrected chi connectivity index (χ4v) is 4.37. The van der Waals surface area contributed by atoms with E-state index in [0.717, 1.165) is 32.5 Å².